The minimum Gasteiger partial charge on any atom is -0.453 e. The number of carbonyl (C=O) groups is 3. The van der Waals surface area contributed by atoms with Gasteiger partial charge < -0.3 is 30.2 Å². The van der Waals surface area contributed by atoms with Gasteiger partial charge in [0.15, 0.2) is 5.82 Å². The van der Waals surface area contributed by atoms with E-state index < -0.39 is 24.1 Å². The van der Waals surface area contributed by atoms with Crippen LogP contribution in [0.2, 0.25) is 0 Å². The molecule has 3 amide bonds. The van der Waals surface area contributed by atoms with E-state index in [1.807, 2.05) is 72.5 Å². The van der Waals surface area contributed by atoms with Gasteiger partial charge in [-0.25, -0.2) is 24.7 Å². The zero-order valence-electron chi connectivity index (χ0n) is 29.3. The number of aromatic nitrogens is 6. The molecule has 1 aliphatic heterocycles. The van der Waals surface area contributed by atoms with E-state index in [1.54, 1.807) is 49.1 Å². The lowest BCUT2D eigenvalue weighted by Crippen LogP contribution is -2.41. The highest BCUT2D eigenvalue weighted by Crippen LogP contribution is 2.32. The van der Waals surface area contributed by atoms with Crippen molar-refractivity contribution >= 4 is 17.9 Å². The van der Waals surface area contributed by atoms with E-state index in [0.717, 1.165) is 58.9 Å². The number of imidazole rings is 2. The smallest absolute Gasteiger partial charge is 0.407 e. The molecule has 13 nitrogen and oxygen atoms in total. The van der Waals surface area contributed by atoms with Crippen LogP contribution in [0.4, 0.5) is 4.79 Å². The van der Waals surface area contributed by atoms with Crippen LogP contribution in [0.5, 0.6) is 0 Å². The average molecular weight is 710 g/mol. The highest BCUT2D eigenvalue weighted by atomic mass is 16.5. The van der Waals surface area contributed by atoms with Gasteiger partial charge in [-0.05, 0) is 36.5 Å². The molecule has 0 radical (unpaired) electrons. The van der Waals surface area contributed by atoms with E-state index in [9.17, 15) is 14.4 Å². The fourth-order valence-electron chi connectivity index (χ4n) is 6.48. The summed E-state index contributed by atoms with van der Waals surface area (Å²) < 4.78 is 4.72. The molecule has 0 saturated carbocycles. The summed E-state index contributed by atoms with van der Waals surface area (Å²) in [5.74, 6) is 1.60. The second-order valence-electron chi connectivity index (χ2n) is 12.9. The summed E-state index contributed by atoms with van der Waals surface area (Å²) in [5, 5.41) is 5.52. The van der Waals surface area contributed by atoms with Crippen molar-refractivity contribution in [2.45, 2.75) is 44.3 Å². The molecule has 4 N–H and O–H groups in total. The van der Waals surface area contributed by atoms with Gasteiger partial charge in [-0.3, -0.25) is 9.59 Å². The van der Waals surface area contributed by atoms with Gasteiger partial charge in [0.25, 0.3) is 0 Å². The first-order valence-corrected chi connectivity index (χ1v) is 17.4. The van der Waals surface area contributed by atoms with Crippen LogP contribution in [0, 0.1) is 0 Å². The number of aromatic amines is 2. The van der Waals surface area contributed by atoms with E-state index in [2.05, 4.69) is 40.5 Å². The maximum Gasteiger partial charge on any atom is 0.407 e. The molecule has 6 aromatic rings. The van der Waals surface area contributed by atoms with E-state index in [0.29, 0.717) is 23.6 Å². The summed E-state index contributed by atoms with van der Waals surface area (Å²) in [6, 6.07) is 25.0. The van der Waals surface area contributed by atoms with Gasteiger partial charge in [0, 0.05) is 30.1 Å². The van der Waals surface area contributed by atoms with Crippen molar-refractivity contribution in [3.8, 4) is 33.9 Å². The maximum atomic E-state index is 13.2. The molecule has 7 rings (SSSR count). The summed E-state index contributed by atoms with van der Waals surface area (Å²) in [5.41, 5.74) is 5.72. The Hall–Kier alpha value is -6.63. The van der Waals surface area contributed by atoms with Crippen molar-refractivity contribution in [3.63, 3.8) is 0 Å². The molecule has 3 aromatic heterocycles. The maximum absolute atomic E-state index is 13.2. The number of likely N-dealkylation sites (tertiary alicyclic amines) is 1. The molecule has 0 unspecified atom stereocenters. The number of nitrogens with zero attached hydrogens (tertiary/aromatic N) is 5. The molecular weight excluding hydrogens is 670 g/mol. The number of alkyl carbamates (subject to hydrolysis) is 1. The molecular formula is C40H39N9O4. The first-order valence-electron chi connectivity index (χ1n) is 17.4. The molecule has 13 heteroatoms. The number of methoxy groups -OCH3 is 1. The van der Waals surface area contributed by atoms with Crippen molar-refractivity contribution in [2.75, 3.05) is 13.7 Å². The zero-order chi connectivity index (χ0) is 36.7. The van der Waals surface area contributed by atoms with Crippen LogP contribution in [0.3, 0.4) is 0 Å². The van der Waals surface area contributed by atoms with Gasteiger partial charge >= 0.3 is 6.09 Å². The highest BCUT2D eigenvalue weighted by molar-refractivity contribution is 5.87. The Kier molecular flexibility index (Phi) is 10.3. The SMILES string of the molecule is COC(=O)N[C@@H](C(=O)N[C@@H](C)c1ncc(-c2ccc(-c3ncc(-c4cnc([C@@H]5CCCN5C(=O)Cc5ccccc5)[nH]4)cn3)cc2)[nH]1)c1ccccc1. The second kappa shape index (κ2) is 15.7. The van der Waals surface area contributed by atoms with Crippen molar-refractivity contribution < 1.29 is 19.1 Å². The molecule has 3 aromatic carbocycles. The normalized spacial score (nSPS) is 15.1. The Labute approximate surface area is 306 Å². The van der Waals surface area contributed by atoms with Gasteiger partial charge in [0.2, 0.25) is 11.8 Å². The molecule has 53 heavy (non-hydrogen) atoms. The molecule has 0 spiro atoms. The fraction of sp³-hybridized carbons (Fsp3) is 0.225. The van der Waals surface area contributed by atoms with Crippen LogP contribution in [-0.2, 0) is 20.7 Å². The van der Waals surface area contributed by atoms with Crippen LogP contribution >= 0.6 is 0 Å². The van der Waals surface area contributed by atoms with Crippen molar-refractivity contribution in [3.05, 3.63) is 132 Å². The number of hydrogen-bond acceptors (Lipinski definition) is 8. The number of hydrogen-bond donors (Lipinski definition) is 4. The number of amides is 3. The minimum absolute atomic E-state index is 0.0890. The average Bonchev–Trinajstić information content (AvgIpc) is 4.00. The first-order chi connectivity index (χ1) is 25.9. The lowest BCUT2D eigenvalue weighted by atomic mass is 10.1. The third-order valence-corrected chi connectivity index (χ3v) is 9.31. The third kappa shape index (κ3) is 7.99. The van der Waals surface area contributed by atoms with E-state index in [-0.39, 0.29) is 11.9 Å². The quantitative estimate of drug-likeness (QED) is 0.125. The lowest BCUT2D eigenvalue weighted by molar-refractivity contribution is -0.131. The zero-order valence-corrected chi connectivity index (χ0v) is 29.3. The predicted molar refractivity (Wildman–Crippen MR) is 198 cm³/mol. The number of benzene rings is 3. The van der Waals surface area contributed by atoms with Crippen molar-refractivity contribution in [1.82, 2.24) is 45.4 Å². The largest absolute Gasteiger partial charge is 0.453 e. The van der Waals surface area contributed by atoms with Crippen LogP contribution in [0.15, 0.2) is 110 Å². The first kappa shape index (κ1) is 34.8. The Balaban J connectivity index is 0.975. The van der Waals surface area contributed by atoms with Gasteiger partial charge in [-0.15, -0.1) is 0 Å². The van der Waals surface area contributed by atoms with Gasteiger partial charge in [-0.1, -0.05) is 84.9 Å². The topological polar surface area (TPSA) is 171 Å². The summed E-state index contributed by atoms with van der Waals surface area (Å²) in [6.07, 6.45) is 8.47. The molecule has 0 aliphatic carbocycles. The Morgan fingerprint density at radius 1 is 0.792 bits per heavy atom. The number of H-pyrrole nitrogens is 2. The molecule has 1 saturated heterocycles. The van der Waals surface area contributed by atoms with E-state index in [1.165, 1.54) is 7.11 Å². The molecule has 268 valence electrons. The predicted octanol–water partition coefficient (Wildman–Crippen LogP) is 6.10. The number of rotatable bonds is 11. The fourth-order valence-corrected chi connectivity index (χ4v) is 6.48. The van der Waals surface area contributed by atoms with Crippen LogP contribution < -0.4 is 10.6 Å². The van der Waals surface area contributed by atoms with E-state index >= 15 is 0 Å². The monoisotopic (exact) mass is 709 g/mol. The summed E-state index contributed by atoms with van der Waals surface area (Å²) in [7, 11) is 1.25. The second-order valence-corrected chi connectivity index (χ2v) is 12.9. The minimum atomic E-state index is -0.938. The number of nitrogens with one attached hydrogen (secondary N) is 4. The van der Waals surface area contributed by atoms with Crippen LogP contribution in [-0.4, -0.2) is 66.4 Å². The molecule has 0 bridgehead atoms. The number of carbonyl (C=O) groups excluding carboxylic acids is 3. The Bertz CT molecular complexity index is 2170. The van der Waals surface area contributed by atoms with Gasteiger partial charge in [-0.2, -0.15) is 0 Å². The standard InChI is InChI=1S/C40H39N9O4/c1-25(45-39(51)35(48-40(52)53-2)28-12-7-4-8-13-28)36-43-23-31(46-36)27-15-17-29(18-16-27)37-41-21-30(22-42-37)32-24-44-38(47-32)33-14-9-19-49(33)34(50)20-26-10-5-3-6-11-26/h3-8,10-13,15-18,21-25,33,35H,9,14,19-20H2,1-2H3,(H,43,46)(H,44,47)(H,45,51)(H,48,52)/t25-,33-,35+/m0/s1. The Morgan fingerprint density at radius 3 is 2.17 bits per heavy atom. The highest BCUT2D eigenvalue weighted by Gasteiger charge is 2.32. The lowest BCUT2D eigenvalue weighted by Gasteiger charge is -2.23. The molecule has 1 aliphatic rings. The van der Waals surface area contributed by atoms with Gasteiger partial charge in [0.05, 0.1) is 49.4 Å². The third-order valence-electron chi connectivity index (χ3n) is 9.31. The van der Waals surface area contributed by atoms with Crippen molar-refractivity contribution in [2.24, 2.45) is 0 Å². The summed E-state index contributed by atoms with van der Waals surface area (Å²) in [6.45, 7) is 2.53. The Morgan fingerprint density at radius 2 is 1.45 bits per heavy atom. The van der Waals surface area contributed by atoms with Crippen LogP contribution in [0.25, 0.3) is 33.9 Å². The molecule has 4 heterocycles. The van der Waals surface area contributed by atoms with Crippen LogP contribution in [0.1, 0.15) is 60.7 Å². The molecule has 1 fully saturated rings. The molecule has 3 atom stereocenters. The number of ether oxygens (including phenoxy) is 1. The van der Waals surface area contributed by atoms with E-state index in [4.69, 9.17) is 4.74 Å². The summed E-state index contributed by atoms with van der Waals surface area (Å²) in [4.78, 5) is 65.3. The van der Waals surface area contributed by atoms with Crippen molar-refractivity contribution in [1.29, 1.82) is 0 Å². The summed E-state index contributed by atoms with van der Waals surface area (Å²) >= 11 is 0. The van der Waals surface area contributed by atoms with Gasteiger partial charge in [0.1, 0.15) is 17.7 Å².